The lowest BCUT2D eigenvalue weighted by molar-refractivity contribution is 0.0263. The Bertz CT molecular complexity index is 621. The lowest BCUT2D eigenvalue weighted by Gasteiger charge is -2.26. The minimum absolute atomic E-state index is 0.295. The summed E-state index contributed by atoms with van der Waals surface area (Å²) in [6, 6.07) is 5.33. The molecule has 0 spiro atoms. The van der Waals surface area contributed by atoms with E-state index in [9.17, 15) is 4.79 Å². The highest BCUT2D eigenvalue weighted by atomic mass is 35.5. The van der Waals surface area contributed by atoms with Gasteiger partial charge < -0.3 is 14.5 Å². The molecule has 23 heavy (non-hydrogen) atoms. The fourth-order valence-corrected chi connectivity index (χ4v) is 2.57. The number of hydrogen-bond acceptors (Lipinski definition) is 5. The van der Waals surface area contributed by atoms with E-state index in [0.29, 0.717) is 36.2 Å². The summed E-state index contributed by atoms with van der Waals surface area (Å²) in [6.07, 6.45) is 0.506. The Hall–Kier alpha value is -2.00. The van der Waals surface area contributed by atoms with Crippen molar-refractivity contribution < 1.29 is 9.53 Å². The second-order valence-electron chi connectivity index (χ2n) is 6.46. The number of halogens is 1. The summed E-state index contributed by atoms with van der Waals surface area (Å²) in [4.78, 5) is 20.2. The van der Waals surface area contributed by atoms with Crippen molar-refractivity contribution in [3.05, 3.63) is 22.8 Å². The van der Waals surface area contributed by atoms with Gasteiger partial charge in [-0.3, -0.25) is 0 Å². The molecule has 0 aromatic carbocycles. The molecule has 2 rings (SSSR count). The molecule has 0 bridgehead atoms. The SMILES string of the molecule is CC(C)(C)OC(=O)N1CCCN(c2cc(C#N)cc(Cl)n2)CC1. The Morgan fingerprint density at radius 3 is 2.70 bits per heavy atom. The fraction of sp³-hybridized carbons (Fsp3) is 0.562. The number of ether oxygens (including phenoxy) is 1. The highest BCUT2D eigenvalue weighted by Gasteiger charge is 2.25. The van der Waals surface area contributed by atoms with E-state index >= 15 is 0 Å². The predicted molar refractivity (Wildman–Crippen MR) is 88.6 cm³/mol. The zero-order valence-electron chi connectivity index (χ0n) is 13.7. The van der Waals surface area contributed by atoms with Crippen LogP contribution in [0.25, 0.3) is 0 Å². The van der Waals surface area contributed by atoms with E-state index in [4.69, 9.17) is 21.6 Å². The number of pyridine rings is 1. The molecule has 7 heteroatoms. The largest absolute Gasteiger partial charge is 0.444 e. The number of anilines is 1. The van der Waals surface area contributed by atoms with Crippen molar-refractivity contribution in [1.29, 1.82) is 5.26 Å². The summed E-state index contributed by atoms with van der Waals surface area (Å²) in [5.74, 6) is 0.667. The van der Waals surface area contributed by atoms with Crippen LogP contribution >= 0.6 is 11.6 Å². The summed E-state index contributed by atoms with van der Waals surface area (Å²) in [7, 11) is 0. The summed E-state index contributed by atoms with van der Waals surface area (Å²) in [5, 5.41) is 9.34. The zero-order valence-corrected chi connectivity index (χ0v) is 14.4. The molecule has 1 aliphatic rings. The normalized spacial score (nSPS) is 15.8. The van der Waals surface area contributed by atoms with Crippen molar-refractivity contribution in [1.82, 2.24) is 9.88 Å². The van der Waals surface area contributed by atoms with Gasteiger partial charge in [0, 0.05) is 26.2 Å². The van der Waals surface area contributed by atoms with Gasteiger partial charge in [-0.25, -0.2) is 9.78 Å². The van der Waals surface area contributed by atoms with E-state index in [-0.39, 0.29) is 6.09 Å². The Labute approximate surface area is 141 Å². The Balaban J connectivity index is 2.06. The van der Waals surface area contributed by atoms with Gasteiger partial charge in [-0.15, -0.1) is 0 Å². The first-order valence-electron chi connectivity index (χ1n) is 7.59. The average Bonchev–Trinajstić information content (AvgIpc) is 2.70. The zero-order chi connectivity index (χ0) is 17.0. The van der Waals surface area contributed by atoms with Gasteiger partial charge in [0.25, 0.3) is 0 Å². The molecule has 0 radical (unpaired) electrons. The number of carbonyl (C=O) groups is 1. The van der Waals surface area contributed by atoms with E-state index in [0.717, 1.165) is 13.0 Å². The van der Waals surface area contributed by atoms with Crippen molar-refractivity contribution in [2.24, 2.45) is 0 Å². The van der Waals surface area contributed by atoms with Gasteiger partial charge in [0.2, 0.25) is 0 Å². The number of nitriles is 1. The molecule has 1 aromatic rings. The monoisotopic (exact) mass is 336 g/mol. The first-order valence-corrected chi connectivity index (χ1v) is 7.97. The van der Waals surface area contributed by atoms with Gasteiger partial charge in [0.15, 0.2) is 0 Å². The molecule has 0 unspecified atom stereocenters. The highest BCUT2D eigenvalue weighted by Crippen LogP contribution is 2.20. The molecule has 124 valence electrons. The number of hydrogen-bond donors (Lipinski definition) is 0. The third-order valence-corrected chi connectivity index (χ3v) is 3.57. The van der Waals surface area contributed by atoms with Crippen molar-refractivity contribution in [3.8, 4) is 6.07 Å². The quantitative estimate of drug-likeness (QED) is 0.737. The van der Waals surface area contributed by atoms with Crippen molar-refractivity contribution in [2.75, 3.05) is 31.1 Å². The van der Waals surface area contributed by atoms with E-state index in [1.165, 1.54) is 6.07 Å². The van der Waals surface area contributed by atoms with Crippen LogP contribution in [0.4, 0.5) is 10.6 Å². The molecule has 0 saturated carbocycles. The van der Waals surface area contributed by atoms with Gasteiger partial charge in [-0.1, -0.05) is 11.6 Å². The molecule has 1 fully saturated rings. The van der Waals surface area contributed by atoms with Gasteiger partial charge in [0.1, 0.15) is 16.6 Å². The van der Waals surface area contributed by atoms with Crippen molar-refractivity contribution in [2.45, 2.75) is 32.8 Å². The van der Waals surface area contributed by atoms with Gasteiger partial charge in [-0.2, -0.15) is 5.26 Å². The third-order valence-electron chi connectivity index (χ3n) is 3.38. The van der Waals surface area contributed by atoms with Crippen LogP contribution in [0.2, 0.25) is 5.15 Å². The lowest BCUT2D eigenvalue weighted by atomic mass is 10.2. The van der Waals surface area contributed by atoms with Crippen LogP contribution in [0.5, 0.6) is 0 Å². The molecular weight excluding hydrogens is 316 g/mol. The maximum Gasteiger partial charge on any atom is 0.410 e. The molecule has 0 N–H and O–H groups in total. The molecule has 1 aliphatic heterocycles. The molecular formula is C16H21ClN4O2. The molecule has 0 aliphatic carbocycles. The second-order valence-corrected chi connectivity index (χ2v) is 6.84. The van der Waals surface area contributed by atoms with Crippen LogP contribution in [-0.2, 0) is 4.74 Å². The number of amides is 1. The number of carbonyl (C=O) groups excluding carboxylic acids is 1. The lowest BCUT2D eigenvalue weighted by Crippen LogP contribution is -2.39. The maximum atomic E-state index is 12.2. The maximum absolute atomic E-state index is 12.2. The minimum atomic E-state index is -0.501. The van der Waals surface area contributed by atoms with E-state index in [1.807, 2.05) is 25.7 Å². The topological polar surface area (TPSA) is 69.5 Å². The summed E-state index contributed by atoms with van der Waals surface area (Å²) < 4.78 is 5.42. The smallest absolute Gasteiger partial charge is 0.410 e. The standard InChI is InChI=1S/C16H21ClN4O2/c1-16(2,3)23-15(22)21-6-4-5-20(7-8-21)14-10-12(11-18)9-13(17)19-14/h9-10H,4-8H2,1-3H3. The summed E-state index contributed by atoms with van der Waals surface area (Å²) >= 11 is 5.97. The van der Waals surface area contributed by atoms with Gasteiger partial charge in [0.05, 0.1) is 11.6 Å². The van der Waals surface area contributed by atoms with Gasteiger partial charge >= 0.3 is 6.09 Å². The molecule has 1 amide bonds. The van der Waals surface area contributed by atoms with Crippen LogP contribution in [0, 0.1) is 11.3 Å². The van der Waals surface area contributed by atoms with Crippen molar-refractivity contribution >= 4 is 23.5 Å². The highest BCUT2D eigenvalue weighted by molar-refractivity contribution is 6.29. The van der Waals surface area contributed by atoms with Gasteiger partial charge in [-0.05, 0) is 39.3 Å². The van der Waals surface area contributed by atoms with Crippen LogP contribution in [0.3, 0.4) is 0 Å². The molecule has 1 saturated heterocycles. The average molecular weight is 337 g/mol. The number of aromatic nitrogens is 1. The van der Waals surface area contributed by atoms with Crippen LogP contribution < -0.4 is 4.90 Å². The number of nitrogens with zero attached hydrogens (tertiary/aromatic N) is 4. The first kappa shape index (κ1) is 17.4. The van der Waals surface area contributed by atoms with E-state index in [2.05, 4.69) is 11.1 Å². The summed E-state index contributed by atoms with van der Waals surface area (Å²) in [6.45, 7) is 8.12. The molecule has 1 aromatic heterocycles. The van der Waals surface area contributed by atoms with Crippen molar-refractivity contribution in [3.63, 3.8) is 0 Å². The summed E-state index contributed by atoms with van der Waals surface area (Å²) in [5.41, 5.74) is -0.0209. The van der Waals surface area contributed by atoms with Crippen LogP contribution in [0.1, 0.15) is 32.8 Å². The second kappa shape index (κ2) is 7.05. The third kappa shape index (κ3) is 5.00. The first-order chi connectivity index (χ1) is 10.8. The number of rotatable bonds is 1. The van der Waals surface area contributed by atoms with Crippen LogP contribution in [0.15, 0.2) is 12.1 Å². The molecule has 6 nitrogen and oxygen atoms in total. The fourth-order valence-electron chi connectivity index (χ4n) is 2.37. The molecule has 2 heterocycles. The Kier molecular flexibility index (Phi) is 5.32. The van der Waals surface area contributed by atoms with Crippen LogP contribution in [-0.4, -0.2) is 47.8 Å². The predicted octanol–water partition coefficient (Wildman–Crippen LogP) is 3.05. The Morgan fingerprint density at radius 2 is 2.04 bits per heavy atom. The Morgan fingerprint density at radius 1 is 1.30 bits per heavy atom. The minimum Gasteiger partial charge on any atom is -0.444 e. The molecule has 0 atom stereocenters. The van der Waals surface area contributed by atoms with E-state index in [1.54, 1.807) is 11.0 Å². The van der Waals surface area contributed by atoms with E-state index < -0.39 is 5.60 Å².